The fraction of sp³-hybridized carbons (Fsp3) is 0.500. The number of nitrogens with one attached hydrogen (secondary N) is 1. The number of nitrogens with zero attached hydrogens (tertiary/aromatic N) is 1. The molecule has 0 aliphatic carbocycles. The maximum absolute atomic E-state index is 5.93. The van der Waals surface area contributed by atoms with Crippen LogP contribution in [0.25, 0.3) is 0 Å². The minimum Gasteiger partial charge on any atom is -0.368 e. The summed E-state index contributed by atoms with van der Waals surface area (Å²) >= 11 is 5.93. The summed E-state index contributed by atoms with van der Waals surface area (Å²) < 4.78 is 0. The number of rotatable bonds is 0. The van der Waals surface area contributed by atoms with Crippen LogP contribution < -0.4 is 5.32 Å². The summed E-state index contributed by atoms with van der Waals surface area (Å²) in [5.41, 5.74) is 1.18. The van der Waals surface area contributed by atoms with Crippen molar-refractivity contribution >= 4 is 17.8 Å². The molecule has 0 saturated carbocycles. The Hall–Kier alpha value is -0.760. The highest BCUT2D eigenvalue weighted by molar-refractivity contribution is 6.30. The molecule has 2 atom stereocenters. The van der Waals surface area contributed by atoms with Crippen molar-refractivity contribution in [3.8, 4) is 0 Å². The van der Waals surface area contributed by atoms with E-state index in [2.05, 4.69) is 16.4 Å². The quantitative estimate of drug-likeness (QED) is 0.636. The topological polar surface area (TPSA) is 24.4 Å². The summed E-state index contributed by atoms with van der Waals surface area (Å²) in [7, 11) is 0. The van der Waals surface area contributed by atoms with Crippen LogP contribution in [0.5, 0.6) is 0 Å². The van der Waals surface area contributed by atoms with Crippen molar-refractivity contribution in [2.75, 3.05) is 0 Å². The molecule has 0 spiro atoms. The average Bonchev–Trinajstić information content (AvgIpc) is 2.52. The SMILES string of the molecule is CC.CC1=CC2C(Cl)=CNC2N=C1. The summed E-state index contributed by atoms with van der Waals surface area (Å²) in [5, 5.41) is 3.95. The number of fused-ring (bicyclic) bond motifs is 1. The molecule has 2 heterocycles. The van der Waals surface area contributed by atoms with Crippen molar-refractivity contribution in [3.63, 3.8) is 0 Å². The first-order valence-corrected chi connectivity index (χ1v) is 4.98. The standard InChI is InChI=1S/C8H9ClN2.C2H6/c1-5-2-6-7(9)4-11-8(6)10-3-5;1-2/h2-4,6,8,11H,1H3;1-2H3. The third-order valence-corrected chi connectivity index (χ3v) is 2.29. The summed E-state index contributed by atoms with van der Waals surface area (Å²) in [5.74, 6) is 0.265. The lowest BCUT2D eigenvalue weighted by molar-refractivity contribution is 0.565. The molecule has 2 rings (SSSR count). The molecule has 72 valence electrons. The lowest BCUT2D eigenvalue weighted by Crippen LogP contribution is -2.26. The van der Waals surface area contributed by atoms with Gasteiger partial charge in [0.25, 0.3) is 0 Å². The Kier molecular flexibility index (Phi) is 3.55. The van der Waals surface area contributed by atoms with E-state index in [0.29, 0.717) is 0 Å². The number of dihydropyridines is 1. The Morgan fingerprint density at radius 2 is 2.15 bits per heavy atom. The Labute approximate surface area is 84.4 Å². The van der Waals surface area contributed by atoms with Crippen LogP contribution in [-0.4, -0.2) is 12.4 Å². The Morgan fingerprint density at radius 3 is 2.85 bits per heavy atom. The Bertz CT molecular complexity index is 266. The van der Waals surface area contributed by atoms with Crippen molar-refractivity contribution in [1.82, 2.24) is 5.32 Å². The minimum atomic E-state index is 0.145. The van der Waals surface area contributed by atoms with Gasteiger partial charge >= 0.3 is 0 Å². The highest BCUT2D eigenvalue weighted by Gasteiger charge is 2.27. The predicted octanol–water partition coefficient (Wildman–Crippen LogP) is 2.67. The van der Waals surface area contributed by atoms with Crippen molar-refractivity contribution < 1.29 is 0 Å². The molecule has 0 aromatic carbocycles. The highest BCUT2D eigenvalue weighted by Crippen LogP contribution is 2.29. The van der Waals surface area contributed by atoms with Crippen LogP contribution in [0, 0.1) is 5.92 Å². The van der Waals surface area contributed by atoms with Crippen molar-refractivity contribution in [2.24, 2.45) is 10.9 Å². The predicted molar refractivity (Wildman–Crippen MR) is 57.9 cm³/mol. The van der Waals surface area contributed by atoms with Crippen molar-refractivity contribution in [2.45, 2.75) is 26.9 Å². The van der Waals surface area contributed by atoms with Crippen molar-refractivity contribution in [3.05, 3.63) is 22.9 Å². The van der Waals surface area contributed by atoms with Crippen molar-refractivity contribution in [1.29, 1.82) is 0 Å². The molecule has 2 aliphatic rings. The fourth-order valence-electron chi connectivity index (χ4n) is 1.35. The zero-order chi connectivity index (χ0) is 9.84. The van der Waals surface area contributed by atoms with Gasteiger partial charge in [0.15, 0.2) is 0 Å². The first-order valence-electron chi connectivity index (χ1n) is 4.60. The number of aliphatic imine (C=N–C) groups is 1. The molecule has 1 N–H and O–H groups in total. The third-order valence-electron chi connectivity index (χ3n) is 1.93. The van der Waals surface area contributed by atoms with Gasteiger partial charge in [-0.2, -0.15) is 0 Å². The van der Waals surface area contributed by atoms with Gasteiger partial charge in [-0.25, -0.2) is 0 Å². The smallest absolute Gasteiger partial charge is 0.129 e. The van der Waals surface area contributed by atoms with Gasteiger partial charge in [-0.05, 0) is 12.5 Å². The number of allylic oxidation sites excluding steroid dienone is 1. The van der Waals surface area contributed by atoms with E-state index in [1.54, 1.807) is 0 Å². The van der Waals surface area contributed by atoms with Crippen LogP contribution in [0.1, 0.15) is 20.8 Å². The molecular weight excluding hydrogens is 184 g/mol. The van der Waals surface area contributed by atoms with E-state index in [9.17, 15) is 0 Å². The van der Waals surface area contributed by atoms with Gasteiger partial charge in [0, 0.05) is 17.4 Å². The lowest BCUT2D eigenvalue weighted by atomic mass is 10.0. The summed E-state index contributed by atoms with van der Waals surface area (Å²) in [4.78, 5) is 4.28. The average molecular weight is 199 g/mol. The van der Waals surface area contributed by atoms with Gasteiger partial charge in [0.05, 0.1) is 5.92 Å². The maximum atomic E-state index is 5.93. The number of hydrogen-bond donors (Lipinski definition) is 1. The molecule has 0 aromatic heterocycles. The van der Waals surface area contributed by atoms with Gasteiger partial charge in [0.1, 0.15) is 6.17 Å². The second-order valence-electron chi connectivity index (χ2n) is 2.86. The molecule has 3 heteroatoms. The van der Waals surface area contributed by atoms with Gasteiger partial charge in [-0.15, -0.1) is 0 Å². The van der Waals surface area contributed by atoms with Gasteiger partial charge in [-0.1, -0.05) is 31.5 Å². The van der Waals surface area contributed by atoms with Gasteiger partial charge in [0.2, 0.25) is 0 Å². The normalized spacial score (nSPS) is 29.2. The van der Waals surface area contributed by atoms with E-state index in [4.69, 9.17) is 11.6 Å². The van der Waals surface area contributed by atoms with E-state index in [1.807, 2.05) is 33.2 Å². The maximum Gasteiger partial charge on any atom is 0.129 e. The highest BCUT2D eigenvalue weighted by atomic mass is 35.5. The molecule has 2 nitrogen and oxygen atoms in total. The van der Waals surface area contributed by atoms with Crippen LogP contribution in [0.4, 0.5) is 0 Å². The van der Waals surface area contributed by atoms with E-state index >= 15 is 0 Å². The molecule has 0 saturated heterocycles. The first kappa shape index (κ1) is 10.3. The molecule has 2 unspecified atom stereocenters. The van der Waals surface area contributed by atoms with Gasteiger partial charge in [-0.3, -0.25) is 4.99 Å². The molecule has 0 aromatic rings. The summed E-state index contributed by atoms with van der Waals surface area (Å²) in [6, 6.07) is 0. The molecular formula is C10H15ClN2. The molecule has 0 amide bonds. The molecule has 0 bridgehead atoms. The van der Waals surface area contributed by atoms with E-state index in [0.717, 1.165) is 5.03 Å². The fourth-order valence-corrected chi connectivity index (χ4v) is 1.59. The second-order valence-corrected chi connectivity index (χ2v) is 3.29. The molecule has 0 fully saturated rings. The Morgan fingerprint density at radius 1 is 1.46 bits per heavy atom. The van der Waals surface area contributed by atoms with Crippen LogP contribution in [0.3, 0.4) is 0 Å². The summed E-state index contributed by atoms with van der Waals surface area (Å²) in [6.07, 6.45) is 5.98. The van der Waals surface area contributed by atoms with Crippen LogP contribution in [-0.2, 0) is 0 Å². The molecule has 0 radical (unpaired) electrons. The monoisotopic (exact) mass is 198 g/mol. The van der Waals surface area contributed by atoms with E-state index in [1.165, 1.54) is 5.57 Å². The number of halogens is 1. The Balaban J connectivity index is 0.000000396. The van der Waals surface area contributed by atoms with E-state index in [-0.39, 0.29) is 12.1 Å². The zero-order valence-electron chi connectivity index (χ0n) is 8.21. The summed E-state index contributed by atoms with van der Waals surface area (Å²) in [6.45, 7) is 6.03. The van der Waals surface area contributed by atoms with Crippen LogP contribution >= 0.6 is 11.6 Å². The van der Waals surface area contributed by atoms with E-state index < -0.39 is 0 Å². The third kappa shape index (κ3) is 2.13. The minimum absolute atomic E-state index is 0.145. The molecule has 13 heavy (non-hydrogen) atoms. The van der Waals surface area contributed by atoms with Crippen LogP contribution in [0.2, 0.25) is 0 Å². The second kappa shape index (κ2) is 4.47. The first-order chi connectivity index (χ1) is 6.27. The zero-order valence-corrected chi connectivity index (χ0v) is 8.97. The van der Waals surface area contributed by atoms with Crippen LogP contribution in [0.15, 0.2) is 27.9 Å². The van der Waals surface area contributed by atoms with Gasteiger partial charge < -0.3 is 5.32 Å². The largest absolute Gasteiger partial charge is 0.368 e. The number of hydrogen-bond acceptors (Lipinski definition) is 2. The lowest BCUT2D eigenvalue weighted by Gasteiger charge is -2.17. The molecule has 2 aliphatic heterocycles.